The van der Waals surface area contributed by atoms with Gasteiger partial charge in [0.25, 0.3) is 0 Å². The Balaban J connectivity index is 2.62. The summed E-state index contributed by atoms with van der Waals surface area (Å²) in [7, 11) is 0. The number of para-hydroxylation sites is 1. The number of halogens is 1. The van der Waals surface area contributed by atoms with Gasteiger partial charge in [0.1, 0.15) is 16.3 Å². The summed E-state index contributed by atoms with van der Waals surface area (Å²) in [5.74, 6) is 0. The van der Waals surface area contributed by atoms with Crippen LogP contribution in [0.25, 0.3) is 10.9 Å². The molecule has 6 heteroatoms. The molecule has 19 heavy (non-hydrogen) atoms. The average molecular weight is 322 g/mol. The summed E-state index contributed by atoms with van der Waals surface area (Å²) in [5, 5.41) is 13.9. The van der Waals surface area contributed by atoms with E-state index in [1.54, 1.807) is 39.0 Å². The Labute approximate surface area is 118 Å². The van der Waals surface area contributed by atoms with Gasteiger partial charge in [-0.1, -0.05) is 6.07 Å². The van der Waals surface area contributed by atoms with Crippen LogP contribution in [-0.4, -0.2) is 21.5 Å². The third-order valence-corrected chi connectivity index (χ3v) is 2.93. The Morgan fingerprint density at radius 3 is 2.74 bits per heavy atom. The van der Waals surface area contributed by atoms with Gasteiger partial charge in [-0.3, -0.25) is 0 Å². The van der Waals surface area contributed by atoms with Gasteiger partial charge in [0, 0.05) is 5.39 Å². The monoisotopic (exact) mass is 321 g/mol. The number of benzene rings is 1. The van der Waals surface area contributed by atoms with E-state index in [9.17, 15) is 4.79 Å². The summed E-state index contributed by atoms with van der Waals surface area (Å²) in [6.07, 6.45) is -0.606. The Morgan fingerprint density at radius 2 is 2.16 bits per heavy atom. The molecule has 0 fully saturated rings. The van der Waals surface area contributed by atoms with Crippen molar-refractivity contribution in [3.05, 3.63) is 28.4 Å². The van der Waals surface area contributed by atoms with E-state index in [0.29, 0.717) is 21.1 Å². The number of fused-ring (bicyclic) bond motifs is 1. The molecule has 0 aliphatic heterocycles. The van der Waals surface area contributed by atoms with Crippen molar-refractivity contribution in [2.45, 2.75) is 26.4 Å². The first-order valence-electron chi connectivity index (χ1n) is 5.64. The molecular formula is C13H12BrN3O2. The van der Waals surface area contributed by atoms with Crippen molar-refractivity contribution in [2.24, 2.45) is 0 Å². The minimum absolute atomic E-state index is 0.376. The van der Waals surface area contributed by atoms with Crippen molar-refractivity contribution in [1.82, 2.24) is 9.78 Å². The molecule has 0 atom stereocenters. The van der Waals surface area contributed by atoms with E-state index in [2.05, 4.69) is 27.1 Å². The smallest absolute Gasteiger partial charge is 0.435 e. The quantitative estimate of drug-likeness (QED) is 0.745. The molecule has 0 aliphatic carbocycles. The summed E-state index contributed by atoms with van der Waals surface area (Å²) in [5.41, 5.74) is 0.205. The van der Waals surface area contributed by atoms with Crippen molar-refractivity contribution in [2.75, 3.05) is 0 Å². The number of hydrogen-bond donors (Lipinski definition) is 0. The molecule has 0 aliphatic rings. The lowest BCUT2D eigenvalue weighted by Gasteiger charge is -2.19. The Bertz CT molecular complexity index is 692. The SMILES string of the molecule is CC(C)(C)OC(=O)n1nc(Br)c2cccc(C#N)c21. The van der Waals surface area contributed by atoms with Crippen LogP contribution in [0.5, 0.6) is 0 Å². The van der Waals surface area contributed by atoms with Gasteiger partial charge >= 0.3 is 6.09 Å². The number of carbonyl (C=O) groups is 1. The number of hydrogen-bond acceptors (Lipinski definition) is 4. The lowest BCUT2D eigenvalue weighted by molar-refractivity contribution is 0.0522. The highest BCUT2D eigenvalue weighted by atomic mass is 79.9. The van der Waals surface area contributed by atoms with Crippen LogP contribution >= 0.6 is 15.9 Å². The standard InChI is InChI=1S/C13H12BrN3O2/c1-13(2,3)19-12(18)17-10-8(7-15)5-4-6-9(10)11(14)16-17/h4-6H,1-3H3. The molecule has 0 unspecified atom stereocenters. The maximum absolute atomic E-state index is 12.1. The fourth-order valence-corrected chi connectivity index (χ4v) is 2.14. The van der Waals surface area contributed by atoms with E-state index in [0.717, 1.165) is 4.68 Å². The number of carbonyl (C=O) groups excluding carboxylic acids is 1. The first kappa shape index (κ1) is 13.6. The number of ether oxygens (including phenoxy) is 1. The highest BCUT2D eigenvalue weighted by Crippen LogP contribution is 2.26. The van der Waals surface area contributed by atoms with Gasteiger partial charge < -0.3 is 4.74 Å². The molecule has 0 spiro atoms. The van der Waals surface area contributed by atoms with Gasteiger partial charge in [-0.25, -0.2) is 4.79 Å². The molecule has 2 aromatic rings. The average Bonchev–Trinajstić information content (AvgIpc) is 2.65. The van der Waals surface area contributed by atoms with Gasteiger partial charge in [0.2, 0.25) is 0 Å². The van der Waals surface area contributed by atoms with E-state index >= 15 is 0 Å². The van der Waals surface area contributed by atoms with Crippen molar-refractivity contribution in [3.8, 4) is 6.07 Å². The molecule has 0 N–H and O–H groups in total. The molecule has 1 aromatic carbocycles. The third kappa shape index (κ3) is 2.61. The summed E-state index contributed by atoms with van der Waals surface area (Å²) in [6, 6.07) is 7.22. The molecule has 0 radical (unpaired) electrons. The van der Waals surface area contributed by atoms with Crippen LogP contribution < -0.4 is 0 Å². The third-order valence-electron chi connectivity index (χ3n) is 2.34. The maximum Gasteiger partial charge on any atom is 0.435 e. The van der Waals surface area contributed by atoms with Gasteiger partial charge in [-0.05, 0) is 48.8 Å². The number of nitriles is 1. The highest BCUT2D eigenvalue weighted by Gasteiger charge is 2.22. The molecule has 0 saturated carbocycles. The first-order valence-corrected chi connectivity index (χ1v) is 6.43. The molecule has 0 amide bonds. The van der Waals surface area contributed by atoms with Crippen LogP contribution in [0.15, 0.2) is 22.8 Å². The molecular weight excluding hydrogens is 310 g/mol. The summed E-state index contributed by atoms with van der Waals surface area (Å²) in [4.78, 5) is 12.1. The number of aromatic nitrogens is 2. The molecule has 5 nitrogen and oxygen atoms in total. The van der Waals surface area contributed by atoms with E-state index in [-0.39, 0.29) is 0 Å². The summed E-state index contributed by atoms with van der Waals surface area (Å²) >= 11 is 3.28. The van der Waals surface area contributed by atoms with Gasteiger partial charge in [0.15, 0.2) is 0 Å². The molecule has 2 rings (SSSR count). The topological polar surface area (TPSA) is 67.9 Å². The number of rotatable bonds is 0. The first-order chi connectivity index (χ1) is 8.83. The second-order valence-electron chi connectivity index (χ2n) is 5.00. The van der Waals surface area contributed by atoms with Crippen molar-refractivity contribution in [3.63, 3.8) is 0 Å². The fourth-order valence-electron chi connectivity index (χ4n) is 1.66. The lowest BCUT2D eigenvalue weighted by atomic mass is 10.1. The van der Waals surface area contributed by atoms with E-state index < -0.39 is 11.7 Å². The maximum atomic E-state index is 12.1. The van der Waals surface area contributed by atoms with Crippen LogP contribution in [0.2, 0.25) is 0 Å². The van der Waals surface area contributed by atoms with E-state index in [1.165, 1.54) is 0 Å². The second-order valence-corrected chi connectivity index (χ2v) is 5.75. The molecule has 0 saturated heterocycles. The summed E-state index contributed by atoms with van der Waals surface area (Å²) in [6.45, 7) is 5.32. The number of nitrogens with zero attached hydrogens (tertiary/aromatic N) is 3. The Morgan fingerprint density at radius 1 is 1.47 bits per heavy atom. The van der Waals surface area contributed by atoms with Crippen LogP contribution in [0.3, 0.4) is 0 Å². The molecule has 0 bridgehead atoms. The van der Waals surface area contributed by atoms with Crippen molar-refractivity contribution >= 4 is 32.9 Å². The van der Waals surface area contributed by atoms with E-state index in [1.807, 2.05) is 0 Å². The second kappa shape index (κ2) is 4.67. The van der Waals surface area contributed by atoms with Crippen molar-refractivity contribution in [1.29, 1.82) is 5.26 Å². The zero-order valence-electron chi connectivity index (χ0n) is 10.8. The van der Waals surface area contributed by atoms with Crippen LogP contribution in [0, 0.1) is 11.3 Å². The lowest BCUT2D eigenvalue weighted by Crippen LogP contribution is -2.27. The Hall–Kier alpha value is -1.87. The normalized spacial score (nSPS) is 11.3. The predicted molar refractivity (Wildman–Crippen MR) is 73.8 cm³/mol. The van der Waals surface area contributed by atoms with Crippen LogP contribution in [0.1, 0.15) is 26.3 Å². The van der Waals surface area contributed by atoms with Gasteiger partial charge in [-0.15, -0.1) is 0 Å². The Kier molecular flexibility index (Phi) is 3.33. The minimum atomic E-state index is -0.622. The van der Waals surface area contributed by atoms with Gasteiger partial charge in [0.05, 0.1) is 11.1 Å². The zero-order valence-corrected chi connectivity index (χ0v) is 12.4. The molecule has 1 aromatic heterocycles. The van der Waals surface area contributed by atoms with Crippen LogP contribution in [0.4, 0.5) is 4.79 Å². The predicted octanol–water partition coefficient (Wildman–Crippen LogP) is 3.45. The fraction of sp³-hybridized carbons (Fsp3) is 0.308. The van der Waals surface area contributed by atoms with Crippen LogP contribution in [-0.2, 0) is 4.74 Å². The minimum Gasteiger partial charge on any atom is -0.442 e. The van der Waals surface area contributed by atoms with Gasteiger partial charge in [-0.2, -0.15) is 15.0 Å². The van der Waals surface area contributed by atoms with Crippen molar-refractivity contribution < 1.29 is 9.53 Å². The highest BCUT2D eigenvalue weighted by molar-refractivity contribution is 9.10. The molecule has 1 heterocycles. The summed E-state index contributed by atoms with van der Waals surface area (Å²) < 4.78 is 6.90. The zero-order chi connectivity index (χ0) is 14.2. The largest absolute Gasteiger partial charge is 0.442 e. The van der Waals surface area contributed by atoms with E-state index in [4.69, 9.17) is 10.00 Å². The molecule has 98 valence electrons.